The molecule has 0 saturated carbocycles. The van der Waals surface area contributed by atoms with Crippen LogP contribution in [0, 0.1) is 11.0 Å². The van der Waals surface area contributed by atoms with Crippen LogP contribution in [-0.2, 0) is 16.3 Å². The third-order valence-electron chi connectivity index (χ3n) is 3.40. The first kappa shape index (κ1) is 14.5. The van der Waals surface area contributed by atoms with Gasteiger partial charge in [0.2, 0.25) is 9.84 Å². The Morgan fingerprint density at radius 2 is 1.86 bits per heavy atom. The highest BCUT2D eigenvalue weighted by Crippen LogP contribution is 2.36. The zero-order valence-corrected chi connectivity index (χ0v) is 13.1. The quantitative estimate of drug-likeness (QED) is 0.761. The molecule has 1 aliphatic rings. The molecule has 0 spiro atoms. The molecule has 0 fully saturated rings. The van der Waals surface area contributed by atoms with Crippen LogP contribution in [0.5, 0.6) is 0 Å². The number of benzene rings is 2. The Morgan fingerprint density at radius 3 is 2.52 bits per heavy atom. The molecular weight excluding hydrogens is 361 g/mol. The second-order valence-electron chi connectivity index (χ2n) is 4.72. The van der Waals surface area contributed by atoms with Crippen LogP contribution in [0.1, 0.15) is 5.56 Å². The molecular formula is C14H10BrFNO3S-. The molecule has 7 heteroatoms. The van der Waals surface area contributed by atoms with Crippen LogP contribution in [0.2, 0.25) is 0 Å². The molecule has 0 aliphatic carbocycles. The van der Waals surface area contributed by atoms with Gasteiger partial charge in [0.05, 0.1) is 9.79 Å². The molecule has 21 heavy (non-hydrogen) atoms. The summed E-state index contributed by atoms with van der Waals surface area (Å²) in [6.07, 6.45) is 0.512. The third kappa shape index (κ3) is 2.45. The summed E-state index contributed by atoms with van der Waals surface area (Å²) in [4.78, 5) is 0.102. The maximum atomic E-state index is 12.9. The molecule has 0 bridgehead atoms. The van der Waals surface area contributed by atoms with Crippen LogP contribution in [0.4, 0.5) is 10.1 Å². The third-order valence-corrected chi connectivity index (χ3v) is 6.13. The van der Waals surface area contributed by atoms with E-state index >= 15 is 0 Å². The van der Waals surface area contributed by atoms with Gasteiger partial charge in [-0.15, -0.1) is 0 Å². The van der Waals surface area contributed by atoms with Gasteiger partial charge in [-0.25, -0.2) is 12.8 Å². The molecule has 0 atom stereocenters. The van der Waals surface area contributed by atoms with E-state index in [1.807, 2.05) is 0 Å². The Kier molecular flexibility index (Phi) is 3.51. The number of hydroxylamine groups is 1. The van der Waals surface area contributed by atoms with Crippen LogP contribution in [0.15, 0.2) is 50.7 Å². The lowest BCUT2D eigenvalue weighted by molar-refractivity contribution is 0.594. The van der Waals surface area contributed by atoms with E-state index in [-0.39, 0.29) is 9.79 Å². The lowest BCUT2D eigenvalue weighted by Gasteiger charge is -2.25. The van der Waals surface area contributed by atoms with Gasteiger partial charge in [-0.05, 0) is 64.3 Å². The fourth-order valence-corrected chi connectivity index (χ4v) is 4.64. The van der Waals surface area contributed by atoms with Crippen LogP contribution >= 0.6 is 15.9 Å². The molecule has 4 nitrogen and oxygen atoms in total. The van der Waals surface area contributed by atoms with Crippen molar-refractivity contribution in [3.05, 3.63) is 57.5 Å². The molecule has 0 radical (unpaired) electrons. The van der Waals surface area contributed by atoms with Gasteiger partial charge in [-0.1, -0.05) is 0 Å². The van der Waals surface area contributed by atoms with Gasteiger partial charge in [0.1, 0.15) is 5.82 Å². The van der Waals surface area contributed by atoms with Crippen molar-refractivity contribution >= 4 is 31.5 Å². The van der Waals surface area contributed by atoms with Crippen molar-refractivity contribution in [3.8, 4) is 0 Å². The van der Waals surface area contributed by atoms with Crippen molar-refractivity contribution in [2.45, 2.75) is 16.2 Å². The molecule has 2 aromatic rings. The van der Waals surface area contributed by atoms with Crippen molar-refractivity contribution in [3.63, 3.8) is 0 Å². The lowest BCUT2D eigenvalue weighted by atomic mass is 10.2. The van der Waals surface area contributed by atoms with Crippen LogP contribution in [0.25, 0.3) is 0 Å². The average Bonchev–Trinajstić information content (AvgIpc) is 2.79. The molecule has 0 saturated heterocycles. The van der Waals surface area contributed by atoms with E-state index < -0.39 is 15.7 Å². The summed E-state index contributed by atoms with van der Waals surface area (Å²) < 4.78 is 38.5. The Morgan fingerprint density at radius 1 is 1.19 bits per heavy atom. The molecule has 2 aromatic carbocycles. The highest BCUT2D eigenvalue weighted by Gasteiger charge is 2.24. The van der Waals surface area contributed by atoms with Crippen molar-refractivity contribution in [2.75, 3.05) is 11.6 Å². The summed E-state index contributed by atoms with van der Waals surface area (Å²) >= 11 is 3.21. The van der Waals surface area contributed by atoms with Crippen LogP contribution in [0.3, 0.4) is 0 Å². The molecule has 1 heterocycles. The summed E-state index contributed by atoms with van der Waals surface area (Å²) in [5, 5.41) is 12.4. The largest absolute Gasteiger partial charge is 0.758 e. The summed E-state index contributed by atoms with van der Waals surface area (Å²) in [6, 6.07) is 7.69. The minimum Gasteiger partial charge on any atom is -0.758 e. The topological polar surface area (TPSA) is 60.4 Å². The van der Waals surface area contributed by atoms with Crippen molar-refractivity contribution < 1.29 is 12.8 Å². The molecule has 0 aromatic heterocycles. The van der Waals surface area contributed by atoms with E-state index in [1.165, 1.54) is 24.3 Å². The maximum absolute atomic E-state index is 12.9. The van der Waals surface area contributed by atoms with Crippen LogP contribution in [-0.4, -0.2) is 15.0 Å². The number of hydrogen-bond donors (Lipinski definition) is 0. The van der Waals surface area contributed by atoms with Gasteiger partial charge in [0.15, 0.2) is 0 Å². The molecule has 110 valence electrons. The number of nitrogens with zero attached hydrogens (tertiary/aromatic N) is 1. The number of fused-ring (bicyclic) bond motifs is 1. The van der Waals surface area contributed by atoms with E-state index in [4.69, 9.17) is 0 Å². The second-order valence-corrected chi connectivity index (χ2v) is 7.49. The van der Waals surface area contributed by atoms with Gasteiger partial charge >= 0.3 is 0 Å². The number of sulfone groups is 1. The van der Waals surface area contributed by atoms with E-state index in [9.17, 15) is 18.0 Å². The normalized spacial score (nSPS) is 14.3. The Bertz CT molecular complexity index is 806. The Hall–Kier alpha value is -1.44. The van der Waals surface area contributed by atoms with Gasteiger partial charge in [-0.2, -0.15) is 0 Å². The summed E-state index contributed by atoms with van der Waals surface area (Å²) in [5.74, 6) is -0.496. The smallest absolute Gasteiger partial charge is 0.207 e. The predicted octanol–water partition coefficient (Wildman–Crippen LogP) is 3.28. The summed E-state index contributed by atoms with van der Waals surface area (Å²) in [5.41, 5.74) is 1.19. The first-order chi connectivity index (χ1) is 9.89. The second kappa shape index (κ2) is 5.08. The lowest BCUT2D eigenvalue weighted by Crippen LogP contribution is -2.10. The van der Waals surface area contributed by atoms with Crippen molar-refractivity contribution in [1.29, 1.82) is 0 Å². The van der Waals surface area contributed by atoms with Crippen LogP contribution < -0.4 is 5.06 Å². The number of rotatable bonds is 2. The number of halogens is 2. The molecule has 1 aliphatic heterocycles. The van der Waals surface area contributed by atoms with E-state index in [0.717, 1.165) is 17.2 Å². The molecule has 0 N–H and O–H groups in total. The molecule has 0 amide bonds. The first-order valence-corrected chi connectivity index (χ1v) is 8.45. The van der Waals surface area contributed by atoms with E-state index in [1.54, 1.807) is 0 Å². The maximum Gasteiger partial charge on any atom is 0.207 e. The van der Waals surface area contributed by atoms with Crippen molar-refractivity contribution in [1.82, 2.24) is 0 Å². The zero-order chi connectivity index (χ0) is 15.2. The Labute approximate surface area is 129 Å². The fraction of sp³-hybridized carbons (Fsp3) is 0.143. The standard InChI is InChI=1S/C14H10BrFNO3S/c15-12-8-13-9(5-6-17(13)18)7-14(12)21(19,20)11-3-1-10(16)2-4-11/h1-4,7-8H,5-6H2/q-1. The van der Waals surface area contributed by atoms with E-state index in [0.29, 0.717) is 28.7 Å². The van der Waals surface area contributed by atoms with Gasteiger partial charge < -0.3 is 10.3 Å². The highest BCUT2D eigenvalue weighted by atomic mass is 79.9. The zero-order valence-electron chi connectivity index (χ0n) is 10.7. The minimum absolute atomic E-state index is 0.0153. The minimum atomic E-state index is -3.76. The predicted molar refractivity (Wildman–Crippen MR) is 80.4 cm³/mol. The molecule has 0 unspecified atom stereocenters. The SMILES string of the molecule is O=S(=O)(c1ccc(F)cc1)c1cc2c(cc1Br)N([O-])CC2. The van der Waals surface area contributed by atoms with Crippen molar-refractivity contribution in [2.24, 2.45) is 0 Å². The Balaban J connectivity index is 2.14. The van der Waals surface area contributed by atoms with Gasteiger partial charge in [0, 0.05) is 16.7 Å². The first-order valence-electron chi connectivity index (χ1n) is 6.17. The average molecular weight is 371 g/mol. The summed E-state index contributed by atoms with van der Waals surface area (Å²) in [6.45, 7) is 0.321. The summed E-state index contributed by atoms with van der Waals surface area (Å²) in [7, 11) is -3.76. The molecule has 3 rings (SSSR count). The highest BCUT2D eigenvalue weighted by molar-refractivity contribution is 9.10. The van der Waals surface area contributed by atoms with Gasteiger partial charge in [-0.3, -0.25) is 0 Å². The van der Waals surface area contributed by atoms with E-state index in [2.05, 4.69) is 15.9 Å². The fourth-order valence-electron chi connectivity index (χ4n) is 2.31. The number of anilines is 1. The monoisotopic (exact) mass is 370 g/mol. The van der Waals surface area contributed by atoms with Gasteiger partial charge in [0.25, 0.3) is 0 Å². The number of hydrogen-bond acceptors (Lipinski definition) is 4.